The standard InChI is InChI=1S/C19H19NO6/c1-23-12-8-11(9-13(24-2)17(12)21)16-15-10(5-6-20-16)7-14(25-3)18(22)19(15)26-4/h5-9,21-22H,1-4H3. The Morgan fingerprint density at radius 1 is 0.769 bits per heavy atom. The van der Waals surface area contributed by atoms with Crippen LogP contribution >= 0.6 is 0 Å². The number of hydrogen-bond donors (Lipinski definition) is 2. The van der Waals surface area contributed by atoms with Crippen molar-refractivity contribution in [2.24, 2.45) is 0 Å². The molecule has 3 aromatic rings. The van der Waals surface area contributed by atoms with Crippen molar-refractivity contribution in [1.82, 2.24) is 4.98 Å². The number of nitrogens with zero attached hydrogens (tertiary/aromatic N) is 1. The van der Waals surface area contributed by atoms with E-state index in [1.807, 2.05) is 0 Å². The number of phenolic OH excluding ortho intramolecular Hbond substituents is 2. The molecule has 0 aliphatic heterocycles. The van der Waals surface area contributed by atoms with Crippen molar-refractivity contribution in [3.8, 4) is 45.8 Å². The summed E-state index contributed by atoms with van der Waals surface area (Å²) < 4.78 is 21.1. The molecule has 0 saturated heterocycles. The van der Waals surface area contributed by atoms with Crippen LogP contribution < -0.4 is 18.9 Å². The Hall–Kier alpha value is -3.35. The highest BCUT2D eigenvalue weighted by Gasteiger charge is 2.20. The fourth-order valence-corrected chi connectivity index (χ4v) is 2.88. The van der Waals surface area contributed by atoms with Gasteiger partial charge in [-0.25, -0.2) is 0 Å². The molecule has 2 aromatic carbocycles. The molecule has 0 spiro atoms. The predicted molar refractivity (Wildman–Crippen MR) is 96.7 cm³/mol. The maximum atomic E-state index is 10.4. The summed E-state index contributed by atoms with van der Waals surface area (Å²) in [5.74, 6) is 0.815. The first-order chi connectivity index (χ1) is 12.5. The van der Waals surface area contributed by atoms with Crippen molar-refractivity contribution >= 4 is 10.8 Å². The molecule has 1 aromatic heterocycles. The average molecular weight is 357 g/mol. The van der Waals surface area contributed by atoms with Crippen LogP contribution in [0.1, 0.15) is 0 Å². The molecule has 1 heterocycles. The molecule has 0 bridgehead atoms. The zero-order valence-corrected chi connectivity index (χ0v) is 14.9. The molecule has 0 atom stereocenters. The highest BCUT2D eigenvalue weighted by Crippen LogP contribution is 2.47. The van der Waals surface area contributed by atoms with Crippen molar-refractivity contribution in [2.75, 3.05) is 28.4 Å². The predicted octanol–water partition coefficient (Wildman–Crippen LogP) is 3.35. The summed E-state index contributed by atoms with van der Waals surface area (Å²) in [4.78, 5) is 4.44. The Balaban J connectivity index is 2.38. The molecule has 0 aliphatic rings. The molecule has 0 amide bonds. The topological polar surface area (TPSA) is 90.3 Å². The lowest BCUT2D eigenvalue weighted by atomic mass is 10.0. The number of benzene rings is 2. The largest absolute Gasteiger partial charge is 0.502 e. The van der Waals surface area contributed by atoms with Crippen LogP contribution in [0.5, 0.6) is 34.5 Å². The van der Waals surface area contributed by atoms with E-state index in [1.54, 1.807) is 30.5 Å². The minimum Gasteiger partial charge on any atom is -0.502 e. The first-order valence-corrected chi connectivity index (χ1v) is 7.73. The second-order valence-corrected chi connectivity index (χ2v) is 5.45. The van der Waals surface area contributed by atoms with Crippen LogP contribution in [0.25, 0.3) is 22.0 Å². The van der Waals surface area contributed by atoms with Gasteiger partial charge in [-0.3, -0.25) is 4.98 Å². The van der Waals surface area contributed by atoms with Crippen molar-refractivity contribution in [1.29, 1.82) is 0 Å². The Kier molecular flexibility index (Phi) is 4.62. The van der Waals surface area contributed by atoms with Crippen LogP contribution in [-0.2, 0) is 0 Å². The van der Waals surface area contributed by atoms with E-state index in [4.69, 9.17) is 18.9 Å². The fraction of sp³-hybridized carbons (Fsp3) is 0.211. The monoisotopic (exact) mass is 357 g/mol. The summed E-state index contributed by atoms with van der Waals surface area (Å²) in [6.07, 6.45) is 1.64. The minimum atomic E-state index is -0.116. The average Bonchev–Trinajstić information content (AvgIpc) is 2.67. The molecular formula is C19H19NO6. The fourth-order valence-electron chi connectivity index (χ4n) is 2.88. The number of phenols is 2. The normalized spacial score (nSPS) is 10.6. The van der Waals surface area contributed by atoms with Crippen LogP contribution in [0.3, 0.4) is 0 Å². The van der Waals surface area contributed by atoms with Crippen molar-refractivity contribution in [3.05, 3.63) is 30.5 Å². The van der Waals surface area contributed by atoms with Gasteiger partial charge in [0.25, 0.3) is 0 Å². The van der Waals surface area contributed by atoms with E-state index < -0.39 is 0 Å². The Labute approximate surface area is 150 Å². The molecular weight excluding hydrogens is 338 g/mol. The Morgan fingerprint density at radius 2 is 1.35 bits per heavy atom. The van der Waals surface area contributed by atoms with Crippen molar-refractivity contribution in [2.45, 2.75) is 0 Å². The van der Waals surface area contributed by atoms with Crippen LogP contribution in [0.15, 0.2) is 30.5 Å². The summed E-state index contributed by atoms with van der Waals surface area (Å²) in [6.45, 7) is 0. The van der Waals surface area contributed by atoms with Crippen molar-refractivity contribution in [3.63, 3.8) is 0 Å². The number of methoxy groups -OCH3 is 4. The first kappa shape index (κ1) is 17.5. The van der Waals surface area contributed by atoms with Gasteiger partial charge >= 0.3 is 0 Å². The third kappa shape index (κ3) is 2.67. The molecule has 0 aliphatic carbocycles. The van der Waals surface area contributed by atoms with Crippen molar-refractivity contribution < 1.29 is 29.2 Å². The molecule has 0 radical (unpaired) electrons. The zero-order chi connectivity index (χ0) is 18.8. The van der Waals surface area contributed by atoms with Crippen LogP contribution in [-0.4, -0.2) is 43.6 Å². The van der Waals surface area contributed by atoms with Gasteiger partial charge in [-0.2, -0.15) is 0 Å². The summed E-state index contributed by atoms with van der Waals surface area (Å²) in [6, 6.07) is 6.77. The van der Waals surface area contributed by atoms with E-state index >= 15 is 0 Å². The second kappa shape index (κ2) is 6.87. The molecule has 2 N–H and O–H groups in total. The highest BCUT2D eigenvalue weighted by molar-refractivity contribution is 6.02. The molecule has 3 rings (SSSR count). The summed E-state index contributed by atoms with van der Waals surface area (Å²) in [5.41, 5.74) is 1.17. The molecule has 7 heteroatoms. The summed E-state index contributed by atoms with van der Waals surface area (Å²) in [7, 11) is 5.83. The number of aromatic hydroxyl groups is 2. The molecule has 26 heavy (non-hydrogen) atoms. The number of pyridine rings is 1. The minimum absolute atomic E-state index is 0.101. The number of hydrogen-bond acceptors (Lipinski definition) is 7. The van der Waals surface area contributed by atoms with Gasteiger partial charge < -0.3 is 29.2 Å². The molecule has 0 unspecified atom stereocenters. The zero-order valence-electron chi connectivity index (χ0n) is 14.9. The van der Waals surface area contributed by atoms with Gasteiger partial charge in [0.05, 0.1) is 39.5 Å². The smallest absolute Gasteiger partial charge is 0.201 e. The van der Waals surface area contributed by atoms with E-state index in [0.29, 0.717) is 22.4 Å². The summed E-state index contributed by atoms with van der Waals surface area (Å²) >= 11 is 0. The number of aromatic nitrogens is 1. The van der Waals surface area contributed by atoms with E-state index in [9.17, 15) is 10.2 Å². The number of fused-ring (bicyclic) bond motifs is 1. The van der Waals surface area contributed by atoms with E-state index in [2.05, 4.69) is 4.98 Å². The van der Waals surface area contributed by atoms with E-state index in [0.717, 1.165) is 5.39 Å². The van der Waals surface area contributed by atoms with Gasteiger partial charge in [-0.05, 0) is 29.7 Å². The molecule has 136 valence electrons. The maximum Gasteiger partial charge on any atom is 0.201 e. The lowest BCUT2D eigenvalue weighted by Crippen LogP contribution is -1.95. The number of rotatable bonds is 5. The first-order valence-electron chi connectivity index (χ1n) is 7.73. The molecule has 0 fully saturated rings. The van der Waals surface area contributed by atoms with Gasteiger partial charge in [-0.1, -0.05) is 0 Å². The Morgan fingerprint density at radius 3 is 1.88 bits per heavy atom. The lowest BCUT2D eigenvalue weighted by molar-refractivity contribution is 0.340. The number of ether oxygens (including phenoxy) is 4. The highest BCUT2D eigenvalue weighted by atomic mass is 16.5. The third-order valence-electron chi connectivity index (χ3n) is 4.12. The van der Waals surface area contributed by atoms with Gasteiger partial charge in [0.1, 0.15) is 0 Å². The van der Waals surface area contributed by atoms with Gasteiger partial charge in [-0.15, -0.1) is 0 Å². The summed E-state index contributed by atoms with van der Waals surface area (Å²) in [5, 5.41) is 21.9. The van der Waals surface area contributed by atoms with E-state index in [-0.39, 0.29) is 28.7 Å². The lowest BCUT2D eigenvalue weighted by Gasteiger charge is -2.16. The van der Waals surface area contributed by atoms with Crippen LogP contribution in [0, 0.1) is 0 Å². The second-order valence-electron chi connectivity index (χ2n) is 5.45. The van der Waals surface area contributed by atoms with Gasteiger partial charge in [0.2, 0.25) is 11.5 Å². The van der Waals surface area contributed by atoms with E-state index in [1.165, 1.54) is 28.4 Å². The van der Waals surface area contributed by atoms with Crippen LogP contribution in [0.2, 0.25) is 0 Å². The third-order valence-corrected chi connectivity index (χ3v) is 4.12. The molecule has 0 saturated carbocycles. The quantitative estimate of drug-likeness (QED) is 0.724. The van der Waals surface area contributed by atoms with Gasteiger partial charge in [0, 0.05) is 11.8 Å². The maximum absolute atomic E-state index is 10.4. The van der Waals surface area contributed by atoms with Crippen LogP contribution in [0.4, 0.5) is 0 Å². The Bertz CT molecular complexity index is 945. The molecule has 7 nitrogen and oxygen atoms in total. The SMILES string of the molecule is COc1cc(-c2nccc3cc(OC)c(O)c(OC)c23)cc(OC)c1O. The van der Waals surface area contributed by atoms with Gasteiger partial charge in [0.15, 0.2) is 23.0 Å².